The van der Waals surface area contributed by atoms with Crippen LogP contribution in [0.2, 0.25) is 0 Å². The molecule has 0 aromatic carbocycles. The molecule has 2 aliphatic heterocycles. The fourth-order valence-corrected chi connectivity index (χ4v) is 4.91. The second kappa shape index (κ2) is 12.2. The molecular weight excluding hydrogens is 486 g/mol. The highest BCUT2D eigenvalue weighted by atomic mass is 16.7. The minimum atomic E-state index is -1.34. The number of quaternary nitrogens is 4. The van der Waals surface area contributed by atoms with Gasteiger partial charge in [-0.1, -0.05) is 0 Å². The molecule has 19 N–H and O–H groups in total. The second-order valence-corrected chi connectivity index (χ2v) is 9.94. The van der Waals surface area contributed by atoms with Gasteiger partial charge in [0.25, 0.3) is 0 Å². The number of carbonyl (C=O) groups is 1. The van der Waals surface area contributed by atoms with Crippen molar-refractivity contribution >= 4 is 5.91 Å². The molecule has 0 aromatic heterocycles. The Labute approximate surface area is 207 Å². The molecule has 2 heterocycles. The van der Waals surface area contributed by atoms with E-state index in [0.717, 1.165) is 0 Å². The third-order valence-electron chi connectivity index (χ3n) is 7.20. The van der Waals surface area contributed by atoms with Gasteiger partial charge in [0.1, 0.15) is 67.0 Å². The molecule has 3 aliphatic rings. The summed E-state index contributed by atoms with van der Waals surface area (Å²) in [6, 6.07) is -2.79. The molecule has 0 aromatic rings. The summed E-state index contributed by atoms with van der Waals surface area (Å²) in [6.45, 7) is 0.707. The SMILES string of the molecule is CC(=O)NC[C@H]1O[C@H](O[C@H]2[C@H](O)[C@@H](O[C@H]3O[C@H](CO)[C@@H](O)[C@H]([NH3+])[C@H]3O)[C@H]([NH3+])C[C@@H]2[NH3+])[C@H]([NH3+])[C@@H](O)[C@@H]1O. The first-order valence-corrected chi connectivity index (χ1v) is 12.1. The first kappa shape index (κ1) is 29.5. The van der Waals surface area contributed by atoms with Crippen molar-refractivity contribution in [3.8, 4) is 0 Å². The first-order chi connectivity index (χ1) is 16.9. The number of rotatable bonds is 7. The second-order valence-electron chi connectivity index (χ2n) is 9.94. The van der Waals surface area contributed by atoms with Gasteiger partial charge in [-0.2, -0.15) is 0 Å². The van der Waals surface area contributed by atoms with Crippen LogP contribution in [0.25, 0.3) is 0 Å². The van der Waals surface area contributed by atoms with E-state index in [2.05, 4.69) is 28.3 Å². The van der Waals surface area contributed by atoms with Gasteiger partial charge in [0.2, 0.25) is 12.2 Å². The summed E-state index contributed by atoms with van der Waals surface area (Å²) in [7, 11) is 0. The van der Waals surface area contributed by atoms with Crippen molar-refractivity contribution in [1.82, 2.24) is 5.32 Å². The molecule has 2 saturated heterocycles. The summed E-state index contributed by atoms with van der Waals surface area (Å²) >= 11 is 0. The fraction of sp³-hybridized carbons (Fsp3) is 0.950. The normalized spacial score (nSPS) is 50.0. The number of nitrogens with one attached hydrogen (secondary N) is 1. The number of aliphatic hydroxyl groups excluding tert-OH is 6. The van der Waals surface area contributed by atoms with E-state index in [9.17, 15) is 35.4 Å². The molecule has 210 valence electrons. The molecule has 3 rings (SSSR count). The number of aliphatic hydroxyl groups is 6. The highest BCUT2D eigenvalue weighted by Crippen LogP contribution is 2.29. The summed E-state index contributed by atoms with van der Waals surface area (Å²) in [4.78, 5) is 11.3. The predicted molar refractivity (Wildman–Crippen MR) is 114 cm³/mol. The van der Waals surface area contributed by atoms with Crippen molar-refractivity contribution in [2.45, 2.75) is 105 Å². The van der Waals surface area contributed by atoms with Crippen LogP contribution in [0, 0.1) is 0 Å². The summed E-state index contributed by atoms with van der Waals surface area (Å²) in [5.41, 5.74) is 15.6. The Morgan fingerprint density at radius 3 is 1.92 bits per heavy atom. The smallest absolute Gasteiger partial charge is 0.216 e. The van der Waals surface area contributed by atoms with E-state index in [4.69, 9.17) is 18.9 Å². The van der Waals surface area contributed by atoms with Gasteiger partial charge in [0, 0.05) is 13.5 Å². The summed E-state index contributed by atoms with van der Waals surface area (Å²) in [6.07, 6.45) is -12.6. The molecule has 0 radical (unpaired) electrons. The van der Waals surface area contributed by atoms with Crippen molar-refractivity contribution in [3.05, 3.63) is 0 Å². The topological polar surface area (TPSA) is 298 Å². The maximum atomic E-state index is 11.3. The lowest BCUT2D eigenvalue weighted by Gasteiger charge is -2.45. The molecule has 0 bridgehead atoms. The monoisotopic (exact) mass is 529 g/mol. The Morgan fingerprint density at radius 1 is 0.806 bits per heavy atom. The lowest BCUT2D eigenvalue weighted by molar-refractivity contribution is -0.536. The summed E-state index contributed by atoms with van der Waals surface area (Å²) in [5, 5.41) is 64.6. The fourth-order valence-electron chi connectivity index (χ4n) is 4.91. The van der Waals surface area contributed by atoms with Gasteiger partial charge in [0.15, 0.2) is 18.4 Å². The van der Waals surface area contributed by atoms with Crippen LogP contribution in [0.3, 0.4) is 0 Å². The van der Waals surface area contributed by atoms with Crippen LogP contribution in [-0.2, 0) is 23.7 Å². The number of amides is 1. The number of hydrogen-bond donors (Lipinski definition) is 11. The Morgan fingerprint density at radius 2 is 1.36 bits per heavy atom. The van der Waals surface area contributed by atoms with Gasteiger partial charge >= 0.3 is 0 Å². The van der Waals surface area contributed by atoms with E-state index in [1.807, 2.05) is 0 Å². The largest absolute Gasteiger partial charge is 0.394 e. The van der Waals surface area contributed by atoms with Crippen LogP contribution in [0.4, 0.5) is 0 Å². The number of ether oxygens (including phenoxy) is 4. The number of hydrogen-bond acceptors (Lipinski definition) is 11. The molecule has 36 heavy (non-hydrogen) atoms. The van der Waals surface area contributed by atoms with Crippen LogP contribution in [-0.4, -0.2) is 141 Å². The zero-order valence-electron chi connectivity index (χ0n) is 20.3. The third kappa shape index (κ3) is 6.13. The van der Waals surface area contributed by atoms with E-state index in [-0.39, 0.29) is 12.5 Å². The van der Waals surface area contributed by atoms with Crippen LogP contribution in [0.5, 0.6) is 0 Å². The molecule has 15 atom stereocenters. The van der Waals surface area contributed by atoms with Gasteiger partial charge in [-0.25, -0.2) is 0 Å². The molecule has 16 heteroatoms. The lowest BCUT2D eigenvalue weighted by Crippen LogP contribution is -2.84. The summed E-state index contributed by atoms with van der Waals surface area (Å²) in [5.74, 6) is -0.343. The zero-order valence-corrected chi connectivity index (χ0v) is 20.3. The van der Waals surface area contributed by atoms with Crippen molar-refractivity contribution in [3.63, 3.8) is 0 Å². The minimum Gasteiger partial charge on any atom is -0.394 e. The first-order valence-electron chi connectivity index (χ1n) is 12.1. The maximum Gasteiger partial charge on any atom is 0.216 e. The molecular formula is C20H43N5O11+4. The van der Waals surface area contributed by atoms with E-state index < -0.39 is 98.3 Å². The van der Waals surface area contributed by atoms with Crippen LogP contribution in [0.15, 0.2) is 0 Å². The van der Waals surface area contributed by atoms with E-state index in [1.54, 1.807) is 0 Å². The Kier molecular flexibility index (Phi) is 9.97. The highest BCUT2D eigenvalue weighted by molar-refractivity contribution is 5.72. The molecule has 1 saturated carbocycles. The standard InChI is InChI=1S/C20H39N5O11/c1-5(27)25-3-8-13(29)14(30)11(24)19(33-8)35-17-6(21)2-7(22)18(16(17)32)36-20-15(31)10(23)12(28)9(4-26)34-20/h6-20,26,28-32H,2-4,21-24H2,1H3,(H,25,27)/p+4/t6-,7+,8+,9+,10-,11+,12+,13+,14+,15+,16-,17+,18-,19+,20+/m0/s1. The van der Waals surface area contributed by atoms with E-state index in [0.29, 0.717) is 6.42 Å². The van der Waals surface area contributed by atoms with E-state index >= 15 is 0 Å². The molecule has 1 aliphatic carbocycles. The quantitative estimate of drug-likeness (QED) is 0.147. The van der Waals surface area contributed by atoms with Gasteiger partial charge in [-0.05, 0) is 0 Å². The van der Waals surface area contributed by atoms with Crippen molar-refractivity contribution < 1.29 is 77.3 Å². The average Bonchev–Trinajstić information content (AvgIpc) is 2.83. The maximum absolute atomic E-state index is 11.3. The van der Waals surface area contributed by atoms with Crippen LogP contribution in [0.1, 0.15) is 13.3 Å². The predicted octanol–water partition coefficient (Wildman–Crippen LogP) is -10.0. The minimum absolute atomic E-state index is 0.0745. The molecule has 0 spiro atoms. The third-order valence-corrected chi connectivity index (χ3v) is 7.20. The summed E-state index contributed by atoms with van der Waals surface area (Å²) < 4.78 is 23.2. The highest BCUT2D eigenvalue weighted by Gasteiger charge is 2.54. The van der Waals surface area contributed by atoms with Gasteiger partial charge in [0.05, 0.1) is 13.0 Å². The zero-order chi connectivity index (χ0) is 26.9. The van der Waals surface area contributed by atoms with Gasteiger partial charge in [-0.15, -0.1) is 0 Å². The lowest BCUT2D eigenvalue weighted by atomic mass is 9.84. The van der Waals surface area contributed by atoms with Crippen molar-refractivity contribution in [2.75, 3.05) is 13.2 Å². The Hall–Kier alpha value is -1.09. The number of carbonyl (C=O) groups excluding carboxylic acids is 1. The Balaban J connectivity index is 1.72. The molecule has 0 unspecified atom stereocenters. The van der Waals surface area contributed by atoms with E-state index in [1.165, 1.54) is 6.92 Å². The van der Waals surface area contributed by atoms with Crippen LogP contribution < -0.4 is 28.3 Å². The van der Waals surface area contributed by atoms with Gasteiger partial charge in [-0.3, -0.25) is 4.79 Å². The Bertz CT molecular complexity index is 738. The van der Waals surface area contributed by atoms with Crippen LogP contribution >= 0.6 is 0 Å². The molecule has 3 fully saturated rings. The van der Waals surface area contributed by atoms with Gasteiger partial charge < -0.3 is 77.8 Å². The molecule has 16 nitrogen and oxygen atoms in total. The average molecular weight is 530 g/mol. The van der Waals surface area contributed by atoms with Crippen molar-refractivity contribution in [1.29, 1.82) is 0 Å². The van der Waals surface area contributed by atoms with Crippen molar-refractivity contribution in [2.24, 2.45) is 0 Å². The molecule has 1 amide bonds.